The maximum Gasteiger partial charge on any atom is 0.256 e. The molecule has 4 aromatic heterocycles. The maximum absolute atomic E-state index is 13.6. The van der Waals surface area contributed by atoms with E-state index in [1.54, 1.807) is 19.3 Å². The number of hydrogen-bond donors (Lipinski definition) is 2. The van der Waals surface area contributed by atoms with Crippen LogP contribution in [0.3, 0.4) is 0 Å². The monoisotopic (exact) mass is 518 g/mol. The van der Waals surface area contributed by atoms with Gasteiger partial charge in [-0.3, -0.25) is 14.5 Å². The van der Waals surface area contributed by atoms with E-state index in [1.807, 2.05) is 30.8 Å². The number of aryl methyl sites for hydroxylation is 2. The summed E-state index contributed by atoms with van der Waals surface area (Å²) in [6.07, 6.45) is 5.73. The molecule has 4 aromatic rings. The fourth-order valence-electron chi connectivity index (χ4n) is 5.34. The largest absolute Gasteiger partial charge is 0.496 e. The molecule has 1 saturated heterocycles. The number of pyridine rings is 2. The lowest BCUT2D eigenvalue weighted by molar-refractivity contribution is 0.0187. The number of carbonyl (C=O) groups excluding carboxylic acids is 1. The van der Waals surface area contributed by atoms with Crippen LogP contribution in [0.5, 0.6) is 5.75 Å². The number of fused-ring (bicyclic) bond motifs is 1. The first kappa shape index (κ1) is 25.7. The molecule has 38 heavy (non-hydrogen) atoms. The van der Waals surface area contributed by atoms with E-state index in [1.165, 1.54) is 7.11 Å². The molecule has 5 heterocycles. The maximum atomic E-state index is 13.6. The van der Waals surface area contributed by atoms with Gasteiger partial charge in [0.25, 0.3) is 11.5 Å². The molecule has 0 radical (unpaired) electrons. The van der Waals surface area contributed by atoms with E-state index in [-0.39, 0.29) is 24.1 Å². The number of methoxy groups -OCH3 is 1. The van der Waals surface area contributed by atoms with Gasteiger partial charge in [0.2, 0.25) is 0 Å². The Morgan fingerprint density at radius 2 is 2.00 bits per heavy atom. The van der Waals surface area contributed by atoms with Gasteiger partial charge in [0.15, 0.2) is 0 Å². The summed E-state index contributed by atoms with van der Waals surface area (Å²) in [5.74, 6) is 0.207. The Hall–Kier alpha value is -3.89. The number of H-pyrrole nitrogens is 1. The van der Waals surface area contributed by atoms with Gasteiger partial charge in [-0.15, -0.1) is 0 Å². The number of amides is 1. The minimum Gasteiger partial charge on any atom is -0.496 e. The number of morpholine rings is 1. The number of nitrogens with one attached hydrogen (secondary N) is 2. The summed E-state index contributed by atoms with van der Waals surface area (Å²) in [6, 6.07) is 5.80. The van der Waals surface area contributed by atoms with Crippen molar-refractivity contribution >= 4 is 11.4 Å². The molecule has 0 spiro atoms. The second-order valence-corrected chi connectivity index (χ2v) is 9.82. The number of imidazole rings is 1. The van der Waals surface area contributed by atoms with Gasteiger partial charge in [-0.2, -0.15) is 0 Å². The van der Waals surface area contributed by atoms with E-state index < -0.39 is 0 Å². The third-order valence-electron chi connectivity index (χ3n) is 7.41. The second-order valence-electron chi connectivity index (χ2n) is 9.82. The van der Waals surface area contributed by atoms with Gasteiger partial charge < -0.3 is 28.7 Å². The van der Waals surface area contributed by atoms with Gasteiger partial charge in [-0.1, -0.05) is 0 Å². The number of carbonyl (C=O) groups is 1. The average Bonchev–Trinajstić information content (AvgIpc) is 3.52. The Balaban J connectivity index is 1.56. The lowest BCUT2D eigenvalue weighted by Crippen LogP contribution is -2.39. The van der Waals surface area contributed by atoms with E-state index in [0.29, 0.717) is 35.8 Å². The van der Waals surface area contributed by atoms with E-state index >= 15 is 0 Å². The molecule has 1 aliphatic heterocycles. The standard InChI is InChI=1S/C28H34N6O4/c1-17-10-25(37-5)23(28(36)31-17)13-30-27(35)22-12-21-11-20(24-14-29-16-32(24)4)15-34(21)26(18(22)2)19(3)33-6-8-38-9-7-33/h10-12,14-16,19H,6-9,13H2,1-5H3,(H,30,35)(H,31,36). The topological polar surface area (TPSA) is 106 Å². The third-order valence-corrected chi connectivity index (χ3v) is 7.41. The van der Waals surface area contributed by atoms with Crippen LogP contribution in [-0.4, -0.2) is 63.2 Å². The molecule has 0 aromatic carbocycles. The van der Waals surface area contributed by atoms with Crippen LogP contribution in [0.2, 0.25) is 0 Å². The molecule has 0 aliphatic carbocycles. The van der Waals surface area contributed by atoms with Crippen molar-refractivity contribution < 1.29 is 14.3 Å². The molecule has 0 saturated carbocycles. The summed E-state index contributed by atoms with van der Waals surface area (Å²) in [5, 5.41) is 2.95. The fourth-order valence-corrected chi connectivity index (χ4v) is 5.34. The third kappa shape index (κ3) is 4.72. The molecular weight excluding hydrogens is 484 g/mol. The Bertz CT molecular complexity index is 1540. The molecule has 0 bridgehead atoms. The van der Waals surface area contributed by atoms with Crippen LogP contribution in [0.1, 0.15) is 45.8 Å². The van der Waals surface area contributed by atoms with Gasteiger partial charge in [-0.05, 0) is 44.5 Å². The summed E-state index contributed by atoms with van der Waals surface area (Å²) in [4.78, 5) is 35.6. The number of aromatic amines is 1. The van der Waals surface area contributed by atoms with Crippen molar-refractivity contribution in [2.24, 2.45) is 7.05 Å². The van der Waals surface area contributed by atoms with Gasteiger partial charge in [0.05, 0.1) is 50.6 Å². The van der Waals surface area contributed by atoms with Crippen molar-refractivity contribution in [2.45, 2.75) is 33.4 Å². The molecule has 1 atom stereocenters. The van der Waals surface area contributed by atoms with E-state index in [9.17, 15) is 9.59 Å². The Morgan fingerprint density at radius 3 is 2.68 bits per heavy atom. The molecule has 2 N–H and O–H groups in total. The number of aromatic nitrogens is 4. The Kier molecular flexibility index (Phi) is 7.09. The van der Waals surface area contributed by atoms with Gasteiger partial charge >= 0.3 is 0 Å². The molecule has 200 valence electrons. The molecule has 1 amide bonds. The number of nitrogens with zero attached hydrogens (tertiary/aromatic N) is 4. The highest BCUT2D eigenvalue weighted by Gasteiger charge is 2.26. The minimum absolute atomic E-state index is 0.0534. The van der Waals surface area contributed by atoms with E-state index in [0.717, 1.165) is 41.1 Å². The minimum atomic E-state index is -0.275. The highest BCUT2D eigenvalue weighted by Crippen LogP contribution is 2.32. The van der Waals surface area contributed by atoms with Crippen LogP contribution in [-0.2, 0) is 18.3 Å². The molecule has 5 rings (SSSR count). The SMILES string of the molecule is COc1cc(C)[nH]c(=O)c1CNC(=O)c1cc2cc(-c3cncn3C)cn2c(C(C)N2CCOCC2)c1C. The van der Waals surface area contributed by atoms with Crippen molar-refractivity contribution in [1.82, 2.24) is 29.2 Å². The fraction of sp³-hybridized carbons (Fsp3) is 0.393. The first-order valence-corrected chi connectivity index (χ1v) is 12.8. The van der Waals surface area contributed by atoms with E-state index in [2.05, 4.69) is 43.8 Å². The molecule has 10 nitrogen and oxygen atoms in total. The van der Waals surface area contributed by atoms with Gasteiger partial charge in [-0.25, -0.2) is 4.98 Å². The van der Waals surface area contributed by atoms with Crippen molar-refractivity contribution in [1.29, 1.82) is 0 Å². The molecule has 1 fully saturated rings. The number of ether oxygens (including phenoxy) is 2. The zero-order chi connectivity index (χ0) is 27.0. The zero-order valence-corrected chi connectivity index (χ0v) is 22.5. The lowest BCUT2D eigenvalue weighted by Gasteiger charge is -2.34. The number of rotatable bonds is 7. The number of hydrogen-bond acceptors (Lipinski definition) is 6. The predicted molar refractivity (Wildman–Crippen MR) is 145 cm³/mol. The Morgan fingerprint density at radius 1 is 1.24 bits per heavy atom. The van der Waals surface area contributed by atoms with E-state index in [4.69, 9.17) is 9.47 Å². The van der Waals surface area contributed by atoms with Crippen LogP contribution in [0.4, 0.5) is 0 Å². The summed E-state index contributed by atoms with van der Waals surface area (Å²) >= 11 is 0. The molecule has 1 aliphatic rings. The molecule has 1 unspecified atom stereocenters. The zero-order valence-electron chi connectivity index (χ0n) is 22.5. The quantitative estimate of drug-likeness (QED) is 0.390. The summed E-state index contributed by atoms with van der Waals surface area (Å²) in [6.45, 7) is 9.03. The van der Waals surface area contributed by atoms with Crippen LogP contribution in [0.15, 0.2) is 41.7 Å². The van der Waals surface area contributed by atoms with Crippen LogP contribution in [0, 0.1) is 13.8 Å². The Labute approximate surface area is 221 Å². The summed E-state index contributed by atoms with van der Waals surface area (Å²) in [5.41, 5.74) is 6.25. The van der Waals surface area contributed by atoms with Crippen LogP contribution in [0.25, 0.3) is 16.8 Å². The summed E-state index contributed by atoms with van der Waals surface area (Å²) < 4.78 is 15.1. The van der Waals surface area contributed by atoms with Crippen LogP contribution < -0.4 is 15.6 Å². The van der Waals surface area contributed by atoms with Crippen molar-refractivity contribution in [3.05, 3.63) is 75.4 Å². The molecule has 10 heteroatoms. The first-order valence-electron chi connectivity index (χ1n) is 12.8. The normalized spacial score (nSPS) is 15.1. The second kappa shape index (κ2) is 10.5. The van der Waals surface area contributed by atoms with Crippen molar-refractivity contribution in [3.8, 4) is 17.0 Å². The van der Waals surface area contributed by atoms with Crippen LogP contribution >= 0.6 is 0 Å². The highest BCUT2D eigenvalue weighted by molar-refractivity contribution is 5.97. The molecular formula is C28H34N6O4. The smallest absolute Gasteiger partial charge is 0.256 e. The summed E-state index contributed by atoms with van der Waals surface area (Å²) in [7, 11) is 3.48. The van der Waals surface area contributed by atoms with Crippen molar-refractivity contribution in [3.63, 3.8) is 0 Å². The predicted octanol–water partition coefficient (Wildman–Crippen LogP) is 2.98. The highest BCUT2D eigenvalue weighted by atomic mass is 16.5. The van der Waals surface area contributed by atoms with Crippen molar-refractivity contribution in [2.75, 3.05) is 33.4 Å². The first-order chi connectivity index (χ1) is 18.3. The van der Waals surface area contributed by atoms with Gasteiger partial charge in [0.1, 0.15) is 5.75 Å². The van der Waals surface area contributed by atoms with Gasteiger partial charge in [0, 0.05) is 60.4 Å². The lowest BCUT2D eigenvalue weighted by atomic mass is 10.0. The average molecular weight is 519 g/mol.